The van der Waals surface area contributed by atoms with Crippen LogP contribution in [0.3, 0.4) is 0 Å². The molecule has 0 spiro atoms. The Labute approximate surface area is 223 Å². The number of ketones is 1. The van der Waals surface area contributed by atoms with Gasteiger partial charge in [0.15, 0.2) is 5.78 Å². The third kappa shape index (κ3) is 9.11. The van der Waals surface area contributed by atoms with Crippen LogP contribution in [-0.2, 0) is 17.5 Å². The highest BCUT2D eigenvalue weighted by Crippen LogP contribution is 2.29. The zero-order chi connectivity index (χ0) is 27.4. The van der Waals surface area contributed by atoms with Crippen molar-refractivity contribution >= 4 is 17.6 Å². The van der Waals surface area contributed by atoms with Crippen LogP contribution in [0.4, 0.5) is 23.8 Å². The predicted octanol–water partition coefficient (Wildman–Crippen LogP) is 7.27. The first kappa shape index (κ1) is 29.6. The molecule has 0 saturated carbocycles. The van der Waals surface area contributed by atoms with Crippen LogP contribution in [0.1, 0.15) is 86.3 Å². The summed E-state index contributed by atoms with van der Waals surface area (Å²) < 4.78 is 45.2. The minimum Gasteiger partial charge on any atom is -0.378 e. The molecule has 9 heteroatoms. The molecule has 2 heterocycles. The van der Waals surface area contributed by atoms with Crippen molar-refractivity contribution in [1.29, 1.82) is 0 Å². The lowest BCUT2D eigenvalue weighted by atomic mass is 10.0. The van der Waals surface area contributed by atoms with Crippen molar-refractivity contribution in [2.45, 2.75) is 77.4 Å². The average Bonchev–Trinajstić information content (AvgIpc) is 2.93. The lowest BCUT2D eigenvalue weighted by molar-refractivity contribution is -0.141. The molecule has 0 N–H and O–H groups in total. The second-order valence-corrected chi connectivity index (χ2v) is 9.69. The summed E-state index contributed by atoms with van der Waals surface area (Å²) in [4.78, 5) is 32.5. The second-order valence-electron chi connectivity index (χ2n) is 9.69. The number of aromatic nitrogens is 1. The highest BCUT2D eigenvalue weighted by molar-refractivity contribution is 5.96. The predicted molar refractivity (Wildman–Crippen MR) is 141 cm³/mol. The Bertz CT molecular complexity index is 1020. The molecule has 2 amide bonds. The summed E-state index contributed by atoms with van der Waals surface area (Å²) in [6.07, 6.45) is 5.17. The van der Waals surface area contributed by atoms with Gasteiger partial charge in [0.25, 0.3) is 0 Å². The van der Waals surface area contributed by atoms with Crippen molar-refractivity contribution in [3.8, 4) is 0 Å². The number of benzene rings is 1. The van der Waals surface area contributed by atoms with E-state index in [0.29, 0.717) is 43.9 Å². The number of Topliss-reactive ketones (excluding diaryl/α,β-unsaturated/α-hetero) is 1. The lowest BCUT2D eigenvalue weighted by Gasteiger charge is -2.32. The van der Waals surface area contributed by atoms with E-state index in [1.807, 2.05) is 0 Å². The Morgan fingerprint density at radius 3 is 2.18 bits per heavy atom. The number of halogens is 3. The molecule has 1 aromatic carbocycles. The number of urea groups is 1. The molecule has 3 rings (SSSR count). The van der Waals surface area contributed by atoms with Crippen LogP contribution >= 0.6 is 0 Å². The first-order valence-electron chi connectivity index (χ1n) is 13.6. The van der Waals surface area contributed by atoms with E-state index in [1.54, 1.807) is 29.2 Å². The van der Waals surface area contributed by atoms with E-state index in [4.69, 9.17) is 4.74 Å². The van der Waals surface area contributed by atoms with Crippen molar-refractivity contribution in [3.05, 3.63) is 59.3 Å². The third-order valence-electron chi connectivity index (χ3n) is 6.69. The van der Waals surface area contributed by atoms with E-state index < -0.39 is 17.9 Å². The Morgan fingerprint density at radius 1 is 0.921 bits per heavy atom. The highest BCUT2D eigenvalue weighted by atomic mass is 19.4. The fourth-order valence-corrected chi connectivity index (χ4v) is 4.45. The van der Waals surface area contributed by atoms with Gasteiger partial charge in [-0.25, -0.2) is 9.78 Å². The van der Waals surface area contributed by atoms with Gasteiger partial charge in [0.05, 0.1) is 19.8 Å². The monoisotopic (exact) mass is 533 g/mol. The number of unbranched alkanes of at least 4 members (excludes halogenated alkanes) is 7. The third-order valence-corrected chi connectivity index (χ3v) is 6.69. The summed E-state index contributed by atoms with van der Waals surface area (Å²) in [7, 11) is 0. The SMILES string of the molecule is CCCCCCCCCCC(=O)c1ccc(CN(C(=O)N2CCOCC2)c2cccc(C(F)(F)F)n2)cc1. The number of rotatable bonds is 13. The Balaban J connectivity index is 1.63. The molecular formula is C29H38F3N3O3. The number of anilines is 1. The Morgan fingerprint density at radius 2 is 1.55 bits per heavy atom. The first-order chi connectivity index (χ1) is 18.3. The molecule has 0 atom stereocenters. The number of pyridine rings is 1. The van der Waals surface area contributed by atoms with Crippen LogP contribution < -0.4 is 4.90 Å². The number of alkyl halides is 3. The quantitative estimate of drug-likeness (QED) is 0.201. The lowest BCUT2D eigenvalue weighted by Crippen LogP contribution is -2.48. The van der Waals surface area contributed by atoms with Gasteiger partial charge in [-0.15, -0.1) is 0 Å². The maximum Gasteiger partial charge on any atom is 0.433 e. The Hall–Kier alpha value is -2.94. The molecule has 1 aliphatic rings. The molecular weight excluding hydrogens is 495 g/mol. The number of ether oxygens (including phenoxy) is 1. The zero-order valence-electron chi connectivity index (χ0n) is 22.1. The van der Waals surface area contributed by atoms with Gasteiger partial charge < -0.3 is 9.64 Å². The van der Waals surface area contributed by atoms with Crippen LogP contribution in [0.25, 0.3) is 0 Å². The number of hydrogen-bond acceptors (Lipinski definition) is 4. The van der Waals surface area contributed by atoms with Gasteiger partial charge in [0, 0.05) is 25.1 Å². The molecule has 0 radical (unpaired) electrons. The van der Waals surface area contributed by atoms with Crippen molar-refractivity contribution in [1.82, 2.24) is 9.88 Å². The van der Waals surface area contributed by atoms with Gasteiger partial charge in [-0.05, 0) is 24.1 Å². The van der Waals surface area contributed by atoms with Crippen LogP contribution in [0.15, 0.2) is 42.5 Å². The molecule has 2 aromatic rings. The van der Waals surface area contributed by atoms with Gasteiger partial charge in [0.1, 0.15) is 11.5 Å². The van der Waals surface area contributed by atoms with Crippen LogP contribution in [0.5, 0.6) is 0 Å². The molecule has 0 unspecified atom stereocenters. The Kier molecular flexibility index (Phi) is 11.6. The summed E-state index contributed by atoms with van der Waals surface area (Å²) in [6, 6.07) is 10.0. The smallest absolute Gasteiger partial charge is 0.378 e. The normalized spacial score (nSPS) is 13.9. The summed E-state index contributed by atoms with van der Waals surface area (Å²) >= 11 is 0. The molecule has 0 aliphatic carbocycles. The van der Waals surface area contributed by atoms with E-state index in [9.17, 15) is 22.8 Å². The maximum atomic E-state index is 13.3. The fourth-order valence-electron chi connectivity index (χ4n) is 4.45. The summed E-state index contributed by atoms with van der Waals surface area (Å²) in [5.74, 6) is -0.00510. The maximum absolute atomic E-state index is 13.3. The van der Waals surface area contributed by atoms with Crippen LogP contribution in [0, 0.1) is 0 Å². The van der Waals surface area contributed by atoms with Crippen molar-refractivity contribution in [3.63, 3.8) is 0 Å². The minimum atomic E-state index is -4.62. The molecule has 1 aromatic heterocycles. The zero-order valence-corrected chi connectivity index (χ0v) is 22.1. The fraction of sp³-hybridized carbons (Fsp3) is 0.552. The van der Waals surface area contributed by atoms with Gasteiger partial charge in [-0.2, -0.15) is 13.2 Å². The summed E-state index contributed by atoms with van der Waals surface area (Å²) in [6.45, 7) is 3.65. The molecule has 0 bridgehead atoms. The molecule has 208 valence electrons. The highest BCUT2D eigenvalue weighted by Gasteiger charge is 2.34. The van der Waals surface area contributed by atoms with Gasteiger partial charge in [-0.1, -0.05) is 82.2 Å². The van der Waals surface area contributed by atoms with Crippen molar-refractivity contribution < 1.29 is 27.5 Å². The number of morpholine rings is 1. The van der Waals surface area contributed by atoms with Gasteiger partial charge >= 0.3 is 12.2 Å². The molecule has 1 aliphatic heterocycles. The number of amides is 2. The average molecular weight is 534 g/mol. The van der Waals surface area contributed by atoms with Crippen LogP contribution in [-0.4, -0.2) is 48.0 Å². The molecule has 1 fully saturated rings. The van der Waals surface area contributed by atoms with E-state index in [1.165, 1.54) is 49.1 Å². The van der Waals surface area contributed by atoms with E-state index >= 15 is 0 Å². The second kappa shape index (κ2) is 14.9. The number of carbonyl (C=O) groups excluding carboxylic acids is 2. The van der Waals surface area contributed by atoms with Gasteiger partial charge in [0.2, 0.25) is 0 Å². The molecule has 6 nitrogen and oxygen atoms in total. The molecule has 38 heavy (non-hydrogen) atoms. The number of hydrogen-bond donors (Lipinski definition) is 0. The number of nitrogens with zero attached hydrogens (tertiary/aromatic N) is 3. The van der Waals surface area contributed by atoms with E-state index in [-0.39, 0.29) is 18.1 Å². The van der Waals surface area contributed by atoms with E-state index in [0.717, 1.165) is 25.3 Å². The number of carbonyl (C=O) groups is 2. The van der Waals surface area contributed by atoms with Gasteiger partial charge in [-0.3, -0.25) is 9.69 Å². The van der Waals surface area contributed by atoms with Crippen molar-refractivity contribution in [2.75, 3.05) is 31.2 Å². The topological polar surface area (TPSA) is 62.7 Å². The van der Waals surface area contributed by atoms with E-state index in [2.05, 4.69) is 11.9 Å². The van der Waals surface area contributed by atoms with Crippen molar-refractivity contribution in [2.24, 2.45) is 0 Å². The van der Waals surface area contributed by atoms with Crippen LogP contribution in [0.2, 0.25) is 0 Å². The minimum absolute atomic E-state index is 0.0248. The molecule has 1 saturated heterocycles. The largest absolute Gasteiger partial charge is 0.433 e. The first-order valence-corrected chi connectivity index (χ1v) is 13.6. The summed E-state index contributed by atoms with van der Waals surface area (Å²) in [5.41, 5.74) is 0.228. The standard InChI is InChI=1S/C29H38F3N3O3/c1-2-3-4-5-6-7-8-9-11-25(36)24-16-14-23(15-17-24)22-35(28(37)34-18-20-38-21-19-34)27-13-10-12-26(33-27)29(30,31)32/h10,12-17H,2-9,11,18-22H2,1H3. The summed E-state index contributed by atoms with van der Waals surface area (Å²) in [5, 5.41) is 0.